The predicted octanol–water partition coefficient (Wildman–Crippen LogP) is 0.927. The highest BCUT2D eigenvalue weighted by Gasteiger charge is 2.24. The summed E-state index contributed by atoms with van der Waals surface area (Å²) in [6.45, 7) is 4.02. The predicted molar refractivity (Wildman–Crippen MR) is 70.8 cm³/mol. The molecule has 0 spiro atoms. The lowest BCUT2D eigenvalue weighted by atomic mass is 10.1. The summed E-state index contributed by atoms with van der Waals surface area (Å²) in [6, 6.07) is 7.93. The van der Waals surface area contributed by atoms with Gasteiger partial charge in [-0.05, 0) is 26.0 Å². The molecule has 0 unspecified atom stereocenters. The monoisotopic (exact) mass is 246 g/mol. The lowest BCUT2D eigenvalue weighted by Crippen LogP contribution is -2.50. The third-order valence-electron chi connectivity index (χ3n) is 3.18. The number of nitrogens with one attached hydrogen (secondary N) is 1. The van der Waals surface area contributed by atoms with Crippen LogP contribution in [0.5, 0.6) is 0 Å². The maximum atomic E-state index is 11.2. The number of para-hydroxylation sites is 2. The first-order valence-corrected chi connectivity index (χ1v) is 5.87. The van der Waals surface area contributed by atoms with E-state index in [1.807, 2.05) is 35.9 Å². The van der Waals surface area contributed by atoms with Gasteiger partial charge in [-0.3, -0.25) is 10.1 Å². The van der Waals surface area contributed by atoms with Gasteiger partial charge >= 0.3 is 0 Å². The van der Waals surface area contributed by atoms with Crippen molar-refractivity contribution in [2.75, 3.05) is 0 Å². The van der Waals surface area contributed by atoms with Gasteiger partial charge in [0.15, 0.2) is 0 Å². The van der Waals surface area contributed by atoms with E-state index < -0.39 is 5.54 Å². The fraction of sp³-hybridized carbons (Fsp3) is 0.385. The highest BCUT2D eigenvalue weighted by atomic mass is 16.1. The second kappa shape index (κ2) is 4.42. The largest absolute Gasteiger partial charge is 0.368 e. The van der Waals surface area contributed by atoms with Gasteiger partial charge in [0, 0.05) is 7.05 Å². The van der Waals surface area contributed by atoms with Crippen molar-refractivity contribution in [3.8, 4) is 0 Å². The molecule has 0 aliphatic rings. The van der Waals surface area contributed by atoms with E-state index in [0.29, 0.717) is 6.54 Å². The van der Waals surface area contributed by atoms with Gasteiger partial charge in [0.2, 0.25) is 5.91 Å². The molecule has 0 atom stereocenters. The Hall–Kier alpha value is -1.88. The Morgan fingerprint density at radius 2 is 2.11 bits per heavy atom. The standard InChI is InChI=1S/C13H18N4O/c1-13(2,12(14)18)15-8-11-16-9-6-4-5-7-10(9)17(11)3/h4-7,15H,8H2,1-3H3,(H2,14,18). The minimum absolute atomic E-state index is 0.374. The summed E-state index contributed by atoms with van der Waals surface area (Å²) in [6.07, 6.45) is 0. The van der Waals surface area contributed by atoms with Crippen LogP contribution in [0.15, 0.2) is 24.3 Å². The number of imidazole rings is 1. The summed E-state index contributed by atoms with van der Waals surface area (Å²) in [5.41, 5.74) is 6.61. The van der Waals surface area contributed by atoms with Crippen LogP contribution in [-0.4, -0.2) is 21.0 Å². The van der Waals surface area contributed by atoms with Crippen molar-refractivity contribution in [1.82, 2.24) is 14.9 Å². The number of carbonyl (C=O) groups excluding carboxylic acids is 1. The first-order chi connectivity index (χ1) is 8.42. The first kappa shape index (κ1) is 12.6. The molecule has 18 heavy (non-hydrogen) atoms. The summed E-state index contributed by atoms with van der Waals surface area (Å²) in [5.74, 6) is 0.506. The Morgan fingerprint density at radius 1 is 1.44 bits per heavy atom. The molecule has 1 aromatic carbocycles. The van der Waals surface area contributed by atoms with E-state index in [-0.39, 0.29) is 5.91 Å². The number of amides is 1. The van der Waals surface area contributed by atoms with Crippen LogP contribution in [-0.2, 0) is 18.4 Å². The normalized spacial score (nSPS) is 11.9. The zero-order valence-corrected chi connectivity index (χ0v) is 10.9. The molecule has 0 aliphatic carbocycles. The summed E-state index contributed by atoms with van der Waals surface area (Å²) >= 11 is 0. The molecule has 1 heterocycles. The van der Waals surface area contributed by atoms with Crippen molar-refractivity contribution < 1.29 is 4.79 Å². The Labute approximate surface area is 106 Å². The van der Waals surface area contributed by atoms with Gasteiger partial charge in [-0.1, -0.05) is 12.1 Å². The van der Waals surface area contributed by atoms with Gasteiger partial charge in [0.05, 0.1) is 23.1 Å². The van der Waals surface area contributed by atoms with E-state index in [9.17, 15) is 4.79 Å². The van der Waals surface area contributed by atoms with Crippen molar-refractivity contribution >= 4 is 16.9 Å². The molecule has 0 radical (unpaired) electrons. The fourth-order valence-corrected chi connectivity index (χ4v) is 1.74. The molecule has 2 rings (SSSR count). The van der Waals surface area contributed by atoms with E-state index >= 15 is 0 Å². The molecule has 2 aromatic rings. The molecule has 96 valence electrons. The van der Waals surface area contributed by atoms with Gasteiger partial charge < -0.3 is 10.3 Å². The van der Waals surface area contributed by atoms with Crippen molar-refractivity contribution in [3.63, 3.8) is 0 Å². The maximum Gasteiger partial charge on any atom is 0.237 e. The molecule has 0 saturated heterocycles. The lowest BCUT2D eigenvalue weighted by Gasteiger charge is -2.21. The molecule has 5 nitrogen and oxygen atoms in total. The summed E-state index contributed by atoms with van der Waals surface area (Å²) < 4.78 is 2.01. The Kier molecular flexibility index (Phi) is 3.09. The van der Waals surface area contributed by atoms with Crippen LogP contribution in [0, 0.1) is 0 Å². The first-order valence-electron chi connectivity index (χ1n) is 5.87. The molecule has 0 aliphatic heterocycles. The highest BCUT2D eigenvalue weighted by Crippen LogP contribution is 2.14. The van der Waals surface area contributed by atoms with E-state index in [1.54, 1.807) is 13.8 Å². The summed E-state index contributed by atoms with van der Waals surface area (Å²) in [4.78, 5) is 15.8. The number of benzene rings is 1. The topological polar surface area (TPSA) is 72.9 Å². The zero-order valence-electron chi connectivity index (χ0n) is 10.9. The van der Waals surface area contributed by atoms with Crippen molar-refractivity contribution in [2.45, 2.75) is 25.9 Å². The van der Waals surface area contributed by atoms with Crippen LogP contribution in [0.25, 0.3) is 11.0 Å². The summed E-state index contributed by atoms with van der Waals surface area (Å²) in [5, 5.41) is 3.12. The number of aromatic nitrogens is 2. The Bertz CT molecular complexity index is 586. The second-order valence-corrected chi connectivity index (χ2v) is 4.92. The number of hydrogen-bond acceptors (Lipinski definition) is 3. The van der Waals surface area contributed by atoms with Crippen LogP contribution in [0.3, 0.4) is 0 Å². The average Bonchev–Trinajstić information content (AvgIpc) is 2.64. The molecule has 0 bridgehead atoms. The molecule has 3 N–H and O–H groups in total. The number of primary amides is 1. The molecule has 1 amide bonds. The zero-order chi connectivity index (χ0) is 13.3. The lowest BCUT2D eigenvalue weighted by molar-refractivity contribution is -0.123. The number of carbonyl (C=O) groups is 1. The van der Waals surface area contributed by atoms with E-state index in [2.05, 4.69) is 10.3 Å². The van der Waals surface area contributed by atoms with Crippen molar-refractivity contribution in [1.29, 1.82) is 0 Å². The number of nitrogens with two attached hydrogens (primary N) is 1. The number of rotatable bonds is 4. The third kappa shape index (κ3) is 2.22. The number of nitrogens with zero attached hydrogens (tertiary/aromatic N) is 2. The fourth-order valence-electron chi connectivity index (χ4n) is 1.74. The molecule has 0 saturated carbocycles. The van der Waals surface area contributed by atoms with Gasteiger partial charge in [0.25, 0.3) is 0 Å². The van der Waals surface area contributed by atoms with Crippen LogP contribution < -0.4 is 11.1 Å². The maximum absolute atomic E-state index is 11.2. The molecular weight excluding hydrogens is 228 g/mol. The Morgan fingerprint density at radius 3 is 2.72 bits per heavy atom. The minimum atomic E-state index is -0.738. The molecule has 0 fully saturated rings. The molecule has 5 heteroatoms. The van der Waals surface area contributed by atoms with Gasteiger partial charge in [0.1, 0.15) is 5.82 Å². The average molecular weight is 246 g/mol. The number of hydrogen-bond donors (Lipinski definition) is 2. The second-order valence-electron chi connectivity index (χ2n) is 4.92. The SMILES string of the molecule is Cn1c(CNC(C)(C)C(N)=O)nc2ccccc21. The van der Waals surface area contributed by atoms with Crippen LogP contribution in [0.2, 0.25) is 0 Å². The smallest absolute Gasteiger partial charge is 0.237 e. The van der Waals surface area contributed by atoms with Gasteiger partial charge in [-0.25, -0.2) is 4.98 Å². The highest BCUT2D eigenvalue weighted by molar-refractivity contribution is 5.83. The summed E-state index contributed by atoms with van der Waals surface area (Å²) in [7, 11) is 1.96. The van der Waals surface area contributed by atoms with Crippen LogP contribution in [0.4, 0.5) is 0 Å². The van der Waals surface area contributed by atoms with Crippen molar-refractivity contribution in [3.05, 3.63) is 30.1 Å². The van der Waals surface area contributed by atoms with E-state index in [1.165, 1.54) is 0 Å². The van der Waals surface area contributed by atoms with Gasteiger partial charge in [-0.15, -0.1) is 0 Å². The third-order valence-corrected chi connectivity index (χ3v) is 3.18. The number of aryl methyl sites for hydroxylation is 1. The van der Waals surface area contributed by atoms with Crippen LogP contribution >= 0.6 is 0 Å². The van der Waals surface area contributed by atoms with E-state index in [0.717, 1.165) is 16.9 Å². The van der Waals surface area contributed by atoms with Crippen molar-refractivity contribution in [2.24, 2.45) is 12.8 Å². The molecular formula is C13H18N4O. The van der Waals surface area contributed by atoms with E-state index in [4.69, 9.17) is 5.73 Å². The van der Waals surface area contributed by atoms with Gasteiger partial charge in [-0.2, -0.15) is 0 Å². The molecule has 1 aromatic heterocycles. The van der Waals surface area contributed by atoms with Crippen LogP contribution in [0.1, 0.15) is 19.7 Å². The minimum Gasteiger partial charge on any atom is -0.368 e. The Balaban J connectivity index is 2.23. The quantitative estimate of drug-likeness (QED) is 0.842. The number of fused-ring (bicyclic) bond motifs is 1.